The number of aromatic amines is 1. The van der Waals surface area contributed by atoms with Gasteiger partial charge in [0.25, 0.3) is 5.56 Å². The fourth-order valence-corrected chi connectivity index (χ4v) is 3.68. The van der Waals surface area contributed by atoms with Crippen molar-refractivity contribution in [1.82, 2.24) is 23.9 Å². The Bertz CT molecular complexity index is 1300. The van der Waals surface area contributed by atoms with Gasteiger partial charge < -0.3 is 14.8 Å². The molecule has 0 amide bonds. The van der Waals surface area contributed by atoms with Crippen LogP contribution in [-0.4, -0.2) is 47.8 Å². The molecule has 5 rings (SSSR count). The van der Waals surface area contributed by atoms with Crippen LogP contribution in [0.4, 0.5) is 0 Å². The normalized spacial score (nSPS) is 21.6. The molecule has 0 saturated carbocycles. The molecular weight excluding hydrogens is 376 g/mol. The second-order valence-electron chi connectivity index (χ2n) is 6.79. The lowest BCUT2D eigenvalue weighted by Crippen LogP contribution is -2.23. The number of ether oxygens (including phenoxy) is 1. The third kappa shape index (κ3) is 2.76. The van der Waals surface area contributed by atoms with Crippen molar-refractivity contribution in [3.63, 3.8) is 0 Å². The molecular formula is C18H16N8O3. The van der Waals surface area contributed by atoms with E-state index in [1.54, 1.807) is 10.8 Å². The molecule has 11 heteroatoms. The Morgan fingerprint density at radius 2 is 2.21 bits per heavy atom. The van der Waals surface area contributed by atoms with Crippen LogP contribution in [-0.2, 0) is 4.74 Å². The van der Waals surface area contributed by atoms with E-state index in [1.807, 2.05) is 30.3 Å². The molecule has 0 radical (unpaired) electrons. The van der Waals surface area contributed by atoms with Crippen LogP contribution in [0.3, 0.4) is 0 Å². The second-order valence-corrected chi connectivity index (χ2v) is 6.79. The van der Waals surface area contributed by atoms with Crippen LogP contribution in [0, 0.1) is 0 Å². The molecule has 1 fully saturated rings. The Kier molecular flexibility index (Phi) is 4.06. The van der Waals surface area contributed by atoms with Crippen molar-refractivity contribution in [1.29, 1.82) is 0 Å². The Morgan fingerprint density at radius 3 is 2.97 bits per heavy atom. The van der Waals surface area contributed by atoms with Gasteiger partial charge in [0.15, 0.2) is 11.2 Å². The Labute approximate surface area is 162 Å². The average Bonchev–Trinajstić information content (AvgIpc) is 3.45. The van der Waals surface area contributed by atoms with E-state index in [4.69, 9.17) is 10.3 Å². The molecule has 3 atom stereocenters. The lowest BCUT2D eigenvalue weighted by Gasteiger charge is -2.13. The molecule has 4 aromatic rings. The number of azide groups is 1. The van der Waals surface area contributed by atoms with Crippen molar-refractivity contribution < 1.29 is 9.84 Å². The van der Waals surface area contributed by atoms with E-state index in [-0.39, 0.29) is 17.7 Å². The molecule has 1 aliphatic heterocycles. The number of nitrogens with one attached hydrogen (secondary N) is 1. The van der Waals surface area contributed by atoms with Gasteiger partial charge in [-0.15, -0.1) is 0 Å². The number of nitrogens with zero attached hydrogens (tertiary/aromatic N) is 7. The van der Waals surface area contributed by atoms with Crippen LogP contribution in [0.25, 0.3) is 38.6 Å². The summed E-state index contributed by atoms with van der Waals surface area (Å²) in [5.74, 6) is 0.381. The van der Waals surface area contributed by atoms with Crippen LogP contribution < -0.4 is 5.56 Å². The van der Waals surface area contributed by atoms with Crippen molar-refractivity contribution in [2.24, 2.45) is 5.11 Å². The van der Waals surface area contributed by atoms with Gasteiger partial charge in [0, 0.05) is 17.5 Å². The molecule has 146 valence electrons. The fraction of sp³-hybridized carbons (Fsp3) is 0.278. The summed E-state index contributed by atoms with van der Waals surface area (Å²) in [6.45, 7) is -0.274. The number of aliphatic hydroxyl groups is 1. The summed E-state index contributed by atoms with van der Waals surface area (Å²) in [6, 6.07) is 9.11. The van der Waals surface area contributed by atoms with Crippen LogP contribution in [0.1, 0.15) is 12.6 Å². The molecule has 1 aromatic carbocycles. The number of aromatic nitrogens is 5. The van der Waals surface area contributed by atoms with E-state index in [9.17, 15) is 9.90 Å². The summed E-state index contributed by atoms with van der Waals surface area (Å²) >= 11 is 0. The highest BCUT2D eigenvalue weighted by Gasteiger charge is 2.36. The first-order valence-electron chi connectivity index (χ1n) is 9.03. The molecule has 11 nitrogen and oxygen atoms in total. The standard InChI is InChI=1S/C18H16N8O3/c19-24-23-11-6-14(29-13(11)8-27)26-9-20-15-16(26)22-18-21-12(7-25(18)17(15)28)10-4-2-1-3-5-10/h1-5,7,9,11,13-14,27H,6,8H2,(H,21,22)/t11-,13+,14+/m0/s1. The minimum atomic E-state index is -0.617. The van der Waals surface area contributed by atoms with Crippen LogP contribution in [0.15, 0.2) is 52.8 Å². The van der Waals surface area contributed by atoms with Crippen LogP contribution in [0.5, 0.6) is 0 Å². The van der Waals surface area contributed by atoms with Gasteiger partial charge in [0.05, 0.1) is 30.8 Å². The highest BCUT2D eigenvalue weighted by Crippen LogP contribution is 2.32. The maximum atomic E-state index is 12.9. The summed E-state index contributed by atoms with van der Waals surface area (Å²) in [5, 5.41) is 13.2. The van der Waals surface area contributed by atoms with E-state index >= 15 is 0 Å². The Balaban J connectivity index is 1.61. The number of H-pyrrole nitrogens is 1. The van der Waals surface area contributed by atoms with Crippen molar-refractivity contribution in [2.45, 2.75) is 24.8 Å². The Morgan fingerprint density at radius 1 is 1.38 bits per heavy atom. The maximum absolute atomic E-state index is 12.9. The van der Waals surface area contributed by atoms with Gasteiger partial charge in [0.2, 0.25) is 5.78 Å². The van der Waals surface area contributed by atoms with Crippen molar-refractivity contribution in [3.8, 4) is 11.3 Å². The largest absolute Gasteiger partial charge is 0.394 e. The summed E-state index contributed by atoms with van der Waals surface area (Å²) in [6.07, 6.45) is 2.36. The second kappa shape index (κ2) is 6.74. The first kappa shape index (κ1) is 17.4. The first-order valence-corrected chi connectivity index (χ1v) is 9.03. The van der Waals surface area contributed by atoms with Gasteiger partial charge in [-0.1, -0.05) is 35.4 Å². The lowest BCUT2D eigenvalue weighted by atomic mass is 10.1. The topological polar surface area (TPSA) is 146 Å². The van der Waals surface area contributed by atoms with E-state index in [0.717, 1.165) is 11.3 Å². The predicted molar refractivity (Wildman–Crippen MR) is 103 cm³/mol. The Hall–Kier alpha value is -3.66. The number of hydrogen-bond donors (Lipinski definition) is 2. The molecule has 0 spiro atoms. The molecule has 3 aromatic heterocycles. The molecule has 4 heterocycles. The van der Waals surface area contributed by atoms with Crippen molar-refractivity contribution in [2.75, 3.05) is 6.61 Å². The van der Waals surface area contributed by atoms with E-state index in [0.29, 0.717) is 17.8 Å². The minimum absolute atomic E-state index is 0.206. The smallest absolute Gasteiger partial charge is 0.287 e. The van der Waals surface area contributed by atoms with Crippen molar-refractivity contribution >= 4 is 16.9 Å². The van der Waals surface area contributed by atoms with Gasteiger partial charge in [-0.2, -0.15) is 4.98 Å². The zero-order valence-electron chi connectivity index (χ0n) is 15.1. The first-order chi connectivity index (χ1) is 14.2. The van der Waals surface area contributed by atoms with E-state index in [2.05, 4.69) is 25.0 Å². The van der Waals surface area contributed by atoms with Crippen molar-refractivity contribution in [3.05, 3.63) is 63.7 Å². The van der Waals surface area contributed by atoms with Gasteiger partial charge in [-0.05, 0) is 11.1 Å². The van der Waals surface area contributed by atoms with Gasteiger partial charge in [0.1, 0.15) is 6.23 Å². The average molecular weight is 392 g/mol. The molecule has 2 N–H and O–H groups in total. The zero-order chi connectivity index (χ0) is 20.0. The summed E-state index contributed by atoms with van der Waals surface area (Å²) in [5.41, 5.74) is 10.7. The summed E-state index contributed by atoms with van der Waals surface area (Å²) in [4.78, 5) is 27.7. The molecule has 29 heavy (non-hydrogen) atoms. The summed E-state index contributed by atoms with van der Waals surface area (Å²) in [7, 11) is 0. The third-order valence-corrected chi connectivity index (χ3v) is 5.11. The molecule has 1 aliphatic rings. The van der Waals surface area contributed by atoms with E-state index in [1.165, 1.54) is 10.7 Å². The molecule has 0 bridgehead atoms. The number of benzene rings is 1. The molecule has 0 unspecified atom stereocenters. The number of imidazole rings is 2. The van der Waals surface area contributed by atoms with Gasteiger partial charge in [-0.3, -0.25) is 9.36 Å². The number of hydrogen-bond acceptors (Lipinski definition) is 6. The third-order valence-electron chi connectivity index (χ3n) is 5.11. The lowest BCUT2D eigenvalue weighted by molar-refractivity contribution is -0.0232. The van der Waals surface area contributed by atoms with E-state index < -0.39 is 18.4 Å². The fourth-order valence-electron chi connectivity index (χ4n) is 3.68. The maximum Gasteiger partial charge on any atom is 0.287 e. The number of rotatable bonds is 4. The monoisotopic (exact) mass is 392 g/mol. The summed E-state index contributed by atoms with van der Waals surface area (Å²) < 4.78 is 8.87. The predicted octanol–water partition coefficient (Wildman–Crippen LogP) is 2.00. The van der Waals surface area contributed by atoms with Crippen LogP contribution >= 0.6 is 0 Å². The highest BCUT2D eigenvalue weighted by molar-refractivity contribution is 5.73. The highest BCUT2D eigenvalue weighted by atomic mass is 16.5. The zero-order valence-corrected chi connectivity index (χ0v) is 15.1. The van der Waals surface area contributed by atoms with Gasteiger partial charge in [-0.25, -0.2) is 9.38 Å². The molecule has 0 aliphatic carbocycles. The quantitative estimate of drug-likeness (QED) is 0.310. The SMILES string of the molecule is [N-]=[N+]=N[C@H]1C[C@H](n2cnc3c(=O)n4cc(-c5ccccc5)[nH]c4nc32)O[C@@H]1CO. The number of fused-ring (bicyclic) bond motifs is 2. The number of aliphatic hydroxyl groups excluding tert-OH is 1. The van der Waals surface area contributed by atoms with Crippen LogP contribution in [0.2, 0.25) is 0 Å². The minimum Gasteiger partial charge on any atom is -0.394 e. The molecule has 1 saturated heterocycles. The van der Waals surface area contributed by atoms with Gasteiger partial charge >= 0.3 is 0 Å².